The van der Waals surface area contributed by atoms with E-state index in [0.29, 0.717) is 15.9 Å². The highest BCUT2D eigenvalue weighted by molar-refractivity contribution is 8.00. The van der Waals surface area contributed by atoms with Crippen molar-refractivity contribution in [1.29, 1.82) is 5.26 Å². The lowest BCUT2D eigenvalue weighted by molar-refractivity contribution is 0.699. The summed E-state index contributed by atoms with van der Waals surface area (Å²) in [6, 6.07) is 7.80. The van der Waals surface area contributed by atoms with Gasteiger partial charge in [0.05, 0.1) is 22.4 Å². The molecule has 4 rings (SSSR count). The van der Waals surface area contributed by atoms with Crippen LogP contribution in [0.3, 0.4) is 0 Å². The first-order valence-corrected chi connectivity index (χ1v) is 11.0. The minimum absolute atomic E-state index is 0.0630. The molecule has 0 spiro atoms. The molecule has 7 heteroatoms. The number of thiophene rings is 1. The molecule has 27 heavy (non-hydrogen) atoms. The lowest BCUT2D eigenvalue weighted by Gasteiger charge is -2.14. The average molecular weight is 416 g/mol. The van der Waals surface area contributed by atoms with Crippen molar-refractivity contribution in [3.05, 3.63) is 49.6 Å². The van der Waals surface area contributed by atoms with Gasteiger partial charge in [-0.15, -0.1) is 11.3 Å². The summed E-state index contributed by atoms with van der Waals surface area (Å²) < 4.78 is 1.62. The van der Waals surface area contributed by atoms with E-state index in [1.807, 2.05) is 26.0 Å². The molecule has 0 aliphatic heterocycles. The van der Waals surface area contributed by atoms with Gasteiger partial charge in [0.15, 0.2) is 5.16 Å². The van der Waals surface area contributed by atoms with E-state index >= 15 is 0 Å². The normalized spacial score (nSPS) is 14.7. The molecule has 2 aromatic heterocycles. The summed E-state index contributed by atoms with van der Waals surface area (Å²) in [5.41, 5.74) is 2.74. The largest absolute Gasteiger partial charge is 0.268 e. The fourth-order valence-electron chi connectivity index (χ4n) is 3.40. The van der Waals surface area contributed by atoms with E-state index in [-0.39, 0.29) is 10.8 Å². The number of hydrogen-bond acceptors (Lipinski definition) is 5. The second-order valence-electron chi connectivity index (χ2n) is 6.75. The molecule has 138 valence electrons. The van der Waals surface area contributed by atoms with Gasteiger partial charge in [0.2, 0.25) is 0 Å². The van der Waals surface area contributed by atoms with Crippen LogP contribution in [-0.2, 0) is 12.8 Å². The molecule has 0 unspecified atom stereocenters. The van der Waals surface area contributed by atoms with Gasteiger partial charge in [0.1, 0.15) is 4.83 Å². The number of hydrogen-bond donors (Lipinski definition) is 0. The Hall–Kier alpha value is -1.81. The zero-order valence-electron chi connectivity index (χ0n) is 15.1. The molecule has 1 aromatic carbocycles. The van der Waals surface area contributed by atoms with Crippen LogP contribution >= 0.6 is 34.7 Å². The third kappa shape index (κ3) is 3.29. The van der Waals surface area contributed by atoms with Crippen LogP contribution in [0.25, 0.3) is 15.9 Å². The molecule has 1 atom stereocenters. The maximum Gasteiger partial charge on any atom is 0.267 e. The highest BCUT2D eigenvalue weighted by atomic mass is 35.5. The van der Waals surface area contributed by atoms with Crippen molar-refractivity contribution in [2.45, 2.75) is 49.9 Å². The smallest absolute Gasteiger partial charge is 0.267 e. The first-order chi connectivity index (χ1) is 13.0. The Morgan fingerprint density at radius 2 is 2.15 bits per heavy atom. The van der Waals surface area contributed by atoms with Crippen LogP contribution in [-0.4, -0.2) is 14.8 Å². The van der Waals surface area contributed by atoms with Crippen molar-refractivity contribution in [2.24, 2.45) is 0 Å². The Kier molecular flexibility index (Phi) is 5.02. The van der Waals surface area contributed by atoms with E-state index in [1.54, 1.807) is 22.0 Å². The molecular weight excluding hydrogens is 398 g/mol. The second-order valence-corrected chi connectivity index (χ2v) is 9.55. The van der Waals surface area contributed by atoms with Gasteiger partial charge in [-0.2, -0.15) is 5.26 Å². The van der Waals surface area contributed by atoms with E-state index < -0.39 is 0 Å². The average Bonchev–Trinajstić information content (AvgIpc) is 3.03. The van der Waals surface area contributed by atoms with E-state index in [1.165, 1.54) is 16.6 Å². The standard InChI is InChI=1S/C20H18ClN3OS2/c1-11-7-8-13(9-15(11)21)24-19(25)17-14-5-3-4-6-16(14)27-18(17)23-20(24)26-12(2)10-22/h7-9,12H,3-6H2,1-2H3/t12-/m0/s1. The second kappa shape index (κ2) is 7.31. The minimum Gasteiger partial charge on any atom is -0.268 e. The summed E-state index contributed by atoms with van der Waals surface area (Å²) in [6.07, 6.45) is 4.22. The Morgan fingerprint density at radius 1 is 1.37 bits per heavy atom. The number of fused-ring (bicyclic) bond motifs is 3. The number of benzene rings is 1. The lowest BCUT2D eigenvalue weighted by atomic mass is 9.97. The maximum atomic E-state index is 13.5. The van der Waals surface area contributed by atoms with Crippen molar-refractivity contribution in [1.82, 2.24) is 9.55 Å². The molecule has 0 N–H and O–H groups in total. The molecule has 1 aliphatic rings. The fraction of sp³-hybridized carbons (Fsp3) is 0.350. The molecule has 3 aromatic rings. The monoisotopic (exact) mass is 415 g/mol. The van der Waals surface area contributed by atoms with Crippen molar-refractivity contribution >= 4 is 44.9 Å². The number of aromatic nitrogens is 2. The van der Waals surface area contributed by atoms with Crippen molar-refractivity contribution in [3.63, 3.8) is 0 Å². The third-order valence-electron chi connectivity index (χ3n) is 4.84. The summed E-state index contributed by atoms with van der Waals surface area (Å²) in [4.78, 5) is 20.4. The van der Waals surface area contributed by atoms with Gasteiger partial charge in [0, 0.05) is 9.90 Å². The number of nitriles is 1. The quantitative estimate of drug-likeness (QED) is 0.430. The first-order valence-electron chi connectivity index (χ1n) is 8.89. The highest BCUT2D eigenvalue weighted by Gasteiger charge is 2.23. The molecule has 0 radical (unpaired) electrons. The van der Waals surface area contributed by atoms with E-state index in [2.05, 4.69) is 6.07 Å². The van der Waals surface area contributed by atoms with Crippen LogP contribution in [0.15, 0.2) is 28.2 Å². The minimum atomic E-state index is -0.309. The summed E-state index contributed by atoms with van der Waals surface area (Å²) in [5, 5.41) is 10.8. The SMILES string of the molecule is Cc1ccc(-n2c(S[C@@H](C)C#N)nc3sc4c(c3c2=O)CCCC4)cc1Cl. The zero-order valence-corrected chi connectivity index (χ0v) is 17.5. The van der Waals surface area contributed by atoms with E-state index in [9.17, 15) is 10.1 Å². The predicted molar refractivity (Wildman–Crippen MR) is 113 cm³/mol. The van der Waals surface area contributed by atoms with Gasteiger partial charge in [-0.25, -0.2) is 4.98 Å². The van der Waals surface area contributed by atoms with Crippen molar-refractivity contribution in [2.75, 3.05) is 0 Å². The van der Waals surface area contributed by atoms with Crippen LogP contribution < -0.4 is 5.56 Å². The third-order valence-corrected chi connectivity index (χ3v) is 7.37. The van der Waals surface area contributed by atoms with Crippen LogP contribution in [0.1, 0.15) is 35.8 Å². The fourth-order valence-corrected chi connectivity index (χ4v) is 5.69. The molecule has 0 amide bonds. The number of aryl methyl sites for hydroxylation is 3. The summed E-state index contributed by atoms with van der Waals surface area (Å²) >= 11 is 9.25. The molecular formula is C20H18ClN3OS2. The maximum absolute atomic E-state index is 13.5. The zero-order chi connectivity index (χ0) is 19.1. The van der Waals surface area contributed by atoms with E-state index in [4.69, 9.17) is 16.6 Å². The summed E-state index contributed by atoms with van der Waals surface area (Å²) in [5.74, 6) is 0. The Balaban J connectivity index is 2.02. The Morgan fingerprint density at radius 3 is 2.89 bits per heavy atom. The molecule has 0 saturated heterocycles. The first kappa shape index (κ1) is 18.5. The predicted octanol–water partition coefficient (Wildman–Crippen LogP) is 5.29. The van der Waals surface area contributed by atoms with Crippen LogP contribution in [0.5, 0.6) is 0 Å². The van der Waals surface area contributed by atoms with Crippen LogP contribution in [0, 0.1) is 18.3 Å². The van der Waals surface area contributed by atoms with Gasteiger partial charge >= 0.3 is 0 Å². The Bertz CT molecular complexity index is 1140. The van der Waals surface area contributed by atoms with Gasteiger partial charge in [-0.05, 0) is 62.8 Å². The Labute approximate surface area is 170 Å². The highest BCUT2D eigenvalue weighted by Crippen LogP contribution is 2.36. The summed E-state index contributed by atoms with van der Waals surface area (Å²) in [6.45, 7) is 3.74. The lowest BCUT2D eigenvalue weighted by Crippen LogP contribution is -2.22. The van der Waals surface area contributed by atoms with Crippen molar-refractivity contribution in [3.8, 4) is 11.8 Å². The number of thioether (sulfide) groups is 1. The van der Waals surface area contributed by atoms with Crippen LogP contribution in [0.4, 0.5) is 0 Å². The molecule has 0 bridgehead atoms. The van der Waals surface area contributed by atoms with Crippen LogP contribution in [0.2, 0.25) is 5.02 Å². The summed E-state index contributed by atoms with van der Waals surface area (Å²) in [7, 11) is 0. The molecule has 1 aliphatic carbocycles. The van der Waals surface area contributed by atoms with Gasteiger partial charge < -0.3 is 0 Å². The van der Waals surface area contributed by atoms with Crippen molar-refractivity contribution < 1.29 is 0 Å². The number of halogens is 1. The van der Waals surface area contributed by atoms with E-state index in [0.717, 1.165) is 47.0 Å². The molecule has 2 heterocycles. The topological polar surface area (TPSA) is 58.7 Å². The number of rotatable bonds is 3. The molecule has 0 fully saturated rings. The van der Waals surface area contributed by atoms with Gasteiger partial charge in [-0.1, -0.05) is 29.4 Å². The van der Waals surface area contributed by atoms with Gasteiger partial charge in [-0.3, -0.25) is 9.36 Å². The van der Waals surface area contributed by atoms with Gasteiger partial charge in [0.25, 0.3) is 5.56 Å². The molecule has 4 nitrogen and oxygen atoms in total. The molecule has 0 saturated carbocycles. The number of nitrogens with zero attached hydrogens (tertiary/aromatic N) is 3.